The third kappa shape index (κ3) is 6.06. The van der Waals surface area contributed by atoms with Crippen LogP contribution in [0.1, 0.15) is 36.9 Å². The molecule has 0 fully saturated rings. The largest absolute Gasteiger partial charge is 0.493 e. The van der Waals surface area contributed by atoms with Crippen molar-refractivity contribution >= 4 is 11.9 Å². The number of carbonyl (C=O) groups is 2. The molecule has 7 heteroatoms. The summed E-state index contributed by atoms with van der Waals surface area (Å²) < 4.78 is 21.3. The van der Waals surface area contributed by atoms with Gasteiger partial charge in [-0.2, -0.15) is 0 Å². The van der Waals surface area contributed by atoms with Crippen LogP contribution in [0.4, 0.5) is 0 Å². The van der Waals surface area contributed by atoms with Crippen molar-refractivity contribution in [2.75, 3.05) is 13.7 Å². The van der Waals surface area contributed by atoms with E-state index >= 15 is 0 Å². The van der Waals surface area contributed by atoms with Gasteiger partial charge in [0.05, 0.1) is 32.1 Å². The van der Waals surface area contributed by atoms with Gasteiger partial charge in [-0.3, -0.25) is 4.79 Å². The first-order valence-corrected chi connectivity index (χ1v) is 8.72. The third-order valence-electron chi connectivity index (χ3n) is 3.64. The highest BCUT2D eigenvalue weighted by molar-refractivity contribution is 5.92. The molecular weight excluding hydrogens is 350 g/mol. The SMILES string of the molecule is COc1cc(C(=O)O[C@@H](C)C(=O)NCc2ccco2)ccc1OCC(C)C. The lowest BCUT2D eigenvalue weighted by Gasteiger charge is -2.15. The molecular formula is C20H25NO6. The number of carbonyl (C=O) groups excluding carboxylic acids is 2. The van der Waals surface area contributed by atoms with Crippen LogP contribution in [0.2, 0.25) is 0 Å². The van der Waals surface area contributed by atoms with Crippen molar-refractivity contribution in [1.82, 2.24) is 5.32 Å². The number of hydrogen-bond acceptors (Lipinski definition) is 6. The lowest BCUT2D eigenvalue weighted by Crippen LogP contribution is -2.35. The molecule has 0 radical (unpaired) electrons. The number of nitrogens with one attached hydrogen (secondary N) is 1. The maximum absolute atomic E-state index is 12.3. The topological polar surface area (TPSA) is 87.0 Å². The maximum Gasteiger partial charge on any atom is 0.339 e. The molecule has 0 aliphatic carbocycles. The van der Waals surface area contributed by atoms with E-state index in [0.717, 1.165) is 0 Å². The predicted octanol–water partition coefficient (Wildman–Crippen LogP) is 3.18. The Morgan fingerprint density at radius 1 is 1.15 bits per heavy atom. The number of amides is 1. The molecule has 0 aliphatic heterocycles. The molecule has 1 amide bonds. The second kappa shape index (κ2) is 9.66. The van der Waals surface area contributed by atoms with E-state index in [1.165, 1.54) is 26.4 Å². The molecule has 0 unspecified atom stereocenters. The Kier molecular flexibility index (Phi) is 7.28. The Morgan fingerprint density at radius 3 is 2.56 bits per heavy atom. The zero-order chi connectivity index (χ0) is 19.8. The van der Waals surface area contributed by atoms with E-state index in [9.17, 15) is 9.59 Å². The molecule has 0 spiro atoms. The summed E-state index contributed by atoms with van der Waals surface area (Å²) in [6.07, 6.45) is 0.572. The van der Waals surface area contributed by atoms with Gasteiger partial charge in [0.25, 0.3) is 5.91 Å². The van der Waals surface area contributed by atoms with Gasteiger partial charge in [-0.15, -0.1) is 0 Å². The van der Waals surface area contributed by atoms with Crippen molar-refractivity contribution in [3.8, 4) is 11.5 Å². The minimum atomic E-state index is -0.949. The van der Waals surface area contributed by atoms with Crippen LogP contribution in [-0.2, 0) is 16.1 Å². The van der Waals surface area contributed by atoms with E-state index in [-0.39, 0.29) is 12.1 Å². The van der Waals surface area contributed by atoms with Gasteiger partial charge in [0.2, 0.25) is 0 Å². The predicted molar refractivity (Wildman–Crippen MR) is 98.8 cm³/mol. The van der Waals surface area contributed by atoms with Gasteiger partial charge >= 0.3 is 5.97 Å². The van der Waals surface area contributed by atoms with Crippen LogP contribution in [0.3, 0.4) is 0 Å². The van der Waals surface area contributed by atoms with E-state index < -0.39 is 18.0 Å². The van der Waals surface area contributed by atoms with Crippen LogP contribution >= 0.6 is 0 Å². The van der Waals surface area contributed by atoms with E-state index in [2.05, 4.69) is 5.32 Å². The minimum absolute atomic E-state index is 0.226. The lowest BCUT2D eigenvalue weighted by atomic mass is 10.2. The number of benzene rings is 1. The van der Waals surface area contributed by atoms with Crippen molar-refractivity contribution in [3.05, 3.63) is 47.9 Å². The molecule has 2 rings (SSSR count). The maximum atomic E-state index is 12.3. The first kappa shape index (κ1) is 20.4. The fourth-order valence-corrected chi connectivity index (χ4v) is 2.18. The van der Waals surface area contributed by atoms with E-state index in [4.69, 9.17) is 18.6 Å². The Hall–Kier alpha value is -2.96. The summed E-state index contributed by atoms with van der Waals surface area (Å²) in [5.74, 6) is 0.920. The van der Waals surface area contributed by atoms with Crippen molar-refractivity contribution in [2.24, 2.45) is 5.92 Å². The zero-order valence-corrected chi connectivity index (χ0v) is 16.0. The second-order valence-electron chi connectivity index (χ2n) is 6.42. The molecule has 1 aromatic carbocycles. The summed E-state index contributed by atoms with van der Waals surface area (Å²) in [6.45, 7) is 6.34. The molecule has 1 aromatic heterocycles. The minimum Gasteiger partial charge on any atom is -0.493 e. The van der Waals surface area contributed by atoms with Crippen LogP contribution in [0.15, 0.2) is 41.0 Å². The Labute approximate surface area is 158 Å². The fourth-order valence-electron chi connectivity index (χ4n) is 2.18. The zero-order valence-electron chi connectivity index (χ0n) is 16.0. The van der Waals surface area contributed by atoms with Gasteiger partial charge < -0.3 is 23.9 Å². The molecule has 1 N–H and O–H groups in total. The summed E-state index contributed by atoms with van der Waals surface area (Å²) in [5, 5.41) is 2.65. The summed E-state index contributed by atoms with van der Waals surface area (Å²) in [7, 11) is 1.50. The first-order valence-electron chi connectivity index (χ1n) is 8.72. The average Bonchev–Trinajstić information content (AvgIpc) is 3.17. The number of hydrogen-bond donors (Lipinski definition) is 1. The molecule has 1 heterocycles. The number of methoxy groups -OCH3 is 1. The smallest absolute Gasteiger partial charge is 0.339 e. The van der Waals surface area contributed by atoms with Gasteiger partial charge in [-0.1, -0.05) is 13.8 Å². The first-order chi connectivity index (χ1) is 12.9. The van der Waals surface area contributed by atoms with E-state index in [1.54, 1.807) is 24.3 Å². The van der Waals surface area contributed by atoms with Crippen molar-refractivity contribution in [1.29, 1.82) is 0 Å². The van der Waals surface area contributed by atoms with Crippen LogP contribution in [0.5, 0.6) is 11.5 Å². The third-order valence-corrected chi connectivity index (χ3v) is 3.64. The van der Waals surface area contributed by atoms with Gasteiger partial charge in [-0.25, -0.2) is 4.79 Å². The van der Waals surface area contributed by atoms with Gasteiger partial charge in [-0.05, 0) is 43.2 Å². The molecule has 146 valence electrons. The normalized spacial score (nSPS) is 11.7. The van der Waals surface area contributed by atoms with Gasteiger partial charge in [0, 0.05) is 0 Å². The van der Waals surface area contributed by atoms with Crippen LogP contribution in [0, 0.1) is 5.92 Å². The van der Waals surface area contributed by atoms with E-state index in [1.807, 2.05) is 13.8 Å². The Balaban J connectivity index is 1.94. The monoisotopic (exact) mass is 375 g/mol. The van der Waals surface area contributed by atoms with Gasteiger partial charge in [0.15, 0.2) is 17.6 Å². The Bertz CT molecular complexity index is 754. The molecule has 1 atom stereocenters. The van der Waals surface area contributed by atoms with Crippen molar-refractivity contribution < 1.29 is 28.2 Å². The van der Waals surface area contributed by atoms with Crippen LogP contribution in [-0.4, -0.2) is 31.7 Å². The number of esters is 1. The highest BCUT2D eigenvalue weighted by Gasteiger charge is 2.20. The van der Waals surface area contributed by atoms with Crippen molar-refractivity contribution in [2.45, 2.75) is 33.4 Å². The van der Waals surface area contributed by atoms with E-state index in [0.29, 0.717) is 29.8 Å². The van der Waals surface area contributed by atoms with Gasteiger partial charge in [0.1, 0.15) is 5.76 Å². The second-order valence-corrected chi connectivity index (χ2v) is 6.42. The molecule has 0 saturated heterocycles. The number of ether oxygens (including phenoxy) is 3. The molecule has 0 saturated carbocycles. The summed E-state index contributed by atoms with van der Waals surface area (Å²) in [6, 6.07) is 8.23. The quantitative estimate of drug-likeness (QED) is 0.678. The Morgan fingerprint density at radius 2 is 1.93 bits per heavy atom. The molecule has 27 heavy (non-hydrogen) atoms. The highest BCUT2D eigenvalue weighted by Crippen LogP contribution is 2.29. The van der Waals surface area contributed by atoms with Crippen molar-refractivity contribution in [3.63, 3.8) is 0 Å². The highest BCUT2D eigenvalue weighted by atomic mass is 16.5. The molecule has 0 bridgehead atoms. The molecule has 7 nitrogen and oxygen atoms in total. The number of furan rings is 1. The van der Waals surface area contributed by atoms with Crippen LogP contribution < -0.4 is 14.8 Å². The fraction of sp³-hybridized carbons (Fsp3) is 0.400. The average molecular weight is 375 g/mol. The number of rotatable bonds is 9. The molecule has 0 aliphatic rings. The van der Waals surface area contributed by atoms with Crippen LogP contribution in [0.25, 0.3) is 0 Å². The summed E-state index contributed by atoms with van der Waals surface area (Å²) in [4.78, 5) is 24.4. The summed E-state index contributed by atoms with van der Waals surface area (Å²) in [5.41, 5.74) is 0.273. The standard InChI is InChI=1S/C20H25NO6/c1-13(2)12-26-17-8-7-15(10-18(17)24-4)20(23)27-14(3)19(22)21-11-16-6-5-9-25-16/h5-10,13-14H,11-12H2,1-4H3,(H,21,22)/t14-/m0/s1. The lowest BCUT2D eigenvalue weighted by molar-refractivity contribution is -0.129. The molecule has 2 aromatic rings. The summed E-state index contributed by atoms with van der Waals surface area (Å²) >= 11 is 0.